The van der Waals surface area contributed by atoms with Crippen molar-refractivity contribution in [2.75, 3.05) is 30.4 Å². The lowest BCUT2D eigenvalue weighted by atomic mass is 10.0. The van der Waals surface area contributed by atoms with E-state index >= 15 is 0 Å². The minimum atomic E-state index is -0.285. The Morgan fingerprint density at radius 1 is 1.17 bits per heavy atom. The van der Waals surface area contributed by atoms with Crippen LogP contribution in [0.2, 0.25) is 0 Å². The van der Waals surface area contributed by atoms with Gasteiger partial charge in [0.15, 0.2) is 0 Å². The smallest absolute Gasteiger partial charge is 0.257 e. The summed E-state index contributed by atoms with van der Waals surface area (Å²) in [5.41, 5.74) is 3.39. The first-order valence-electron chi connectivity index (χ1n) is 12.8. The number of nitrogens with zero attached hydrogens (tertiary/aromatic N) is 4. The van der Waals surface area contributed by atoms with E-state index in [1.807, 2.05) is 29.8 Å². The zero-order chi connectivity index (χ0) is 25.5. The zero-order valence-electron chi connectivity index (χ0n) is 21.1. The minimum absolute atomic E-state index is 0.126. The van der Waals surface area contributed by atoms with Gasteiger partial charge in [-0.1, -0.05) is 19.8 Å². The fourth-order valence-electron chi connectivity index (χ4n) is 4.80. The van der Waals surface area contributed by atoms with Crippen LogP contribution in [0.25, 0.3) is 11.0 Å². The minimum Gasteiger partial charge on any atom is -0.317 e. The van der Waals surface area contributed by atoms with Gasteiger partial charge < -0.3 is 14.8 Å². The number of aromatic nitrogens is 2. The predicted octanol–water partition coefficient (Wildman–Crippen LogP) is 4.70. The molecule has 0 radical (unpaired) electrons. The fraction of sp³-hybridized carbons (Fsp3) is 0.429. The molecule has 1 heterocycles. The van der Waals surface area contributed by atoms with E-state index in [4.69, 9.17) is 10.2 Å². The predicted molar refractivity (Wildman–Crippen MR) is 142 cm³/mol. The molecular weight excluding hydrogens is 452 g/mol. The maximum atomic E-state index is 12.9. The number of benzene rings is 2. The van der Waals surface area contributed by atoms with Gasteiger partial charge in [-0.05, 0) is 80.7 Å². The molecule has 188 valence electrons. The van der Waals surface area contributed by atoms with Crippen molar-refractivity contribution in [1.29, 1.82) is 5.26 Å². The number of anilines is 2. The third-order valence-electron chi connectivity index (χ3n) is 6.92. The van der Waals surface area contributed by atoms with Crippen LogP contribution in [0.5, 0.6) is 0 Å². The summed E-state index contributed by atoms with van der Waals surface area (Å²) in [5.74, 6) is 0.795. The Kier molecular flexibility index (Phi) is 8.34. The summed E-state index contributed by atoms with van der Waals surface area (Å²) in [5, 5.41) is 15.3. The van der Waals surface area contributed by atoms with Crippen molar-refractivity contribution >= 4 is 34.5 Å². The summed E-state index contributed by atoms with van der Waals surface area (Å²) in [6, 6.07) is 14.4. The van der Waals surface area contributed by atoms with Crippen molar-refractivity contribution in [1.82, 2.24) is 14.9 Å². The molecule has 0 atom stereocenters. The quantitative estimate of drug-likeness (QED) is 0.404. The molecule has 36 heavy (non-hydrogen) atoms. The van der Waals surface area contributed by atoms with E-state index in [0.717, 1.165) is 49.1 Å². The van der Waals surface area contributed by atoms with Crippen LogP contribution in [-0.4, -0.2) is 41.5 Å². The van der Waals surface area contributed by atoms with E-state index < -0.39 is 0 Å². The van der Waals surface area contributed by atoms with Gasteiger partial charge >= 0.3 is 0 Å². The first kappa shape index (κ1) is 25.4. The van der Waals surface area contributed by atoms with Crippen LogP contribution in [0.1, 0.15) is 61.4 Å². The molecule has 2 aromatic carbocycles. The van der Waals surface area contributed by atoms with E-state index in [2.05, 4.69) is 23.6 Å². The molecule has 1 aliphatic carbocycles. The first-order chi connectivity index (χ1) is 17.5. The largest absolute Gasteiger partial charge is 0.317 e. The molecule has 8 nitrogen and oxygen atoms in total. The Bertz CT molecular complexity index is 1250. The number of fused-ring (bicyclic) bond motifs is 1. The number of rotatable bonds is 10. The van der Waals surface area contributed by atoms with Crippen LogP contribution in [0, 0.1) is 17.2 Å². The molecule has 0 spiro atoms. The Hall–Kier alpha value is -3.70. The number of aryl methyl sites for hydroxylation is 1. The monoisotopic (exact) mass is 486 g/mol. The Balaban J connectivity index is 1.58. The average Bonchev–Trinajstić information content (AvgIpc) is 3.53. The van der Waals surface area contributed by atoms with E-state index in [-0.39, 0.29) is 11.8 Å². The lowest BCUT2D eigenvalue weighted by Crippen LogP contribution is -2.27. The molecule has 8 heteroatoms. The van der Waals surface area contributed by atoms with Gasteiger partial charge in [-0.15, -0.1) is 0 Å². The number of imidazole rings is 1. The molecule has 0 unspecified atom stereocenters. The lowest BCUT2D eigenvalue weighted by Gasteiger charge is -2.19. The highest BCUT2D eigenvalue weighted by atomic mass is 16.2. The second kappa shape index (κ2) is 11.8. The molecule has 1 aromatic heterocycles. The molecular formula is C28H34N6O2. The highest BCUT2D eigenvalue weighted by Crippen LogP contribution is 2.30. The molecule has 2 N–H and O–H groups in total. The van der Waals surface area contributed by atoms with Gasteiger partial charge in [-0.25, -0.2) is 4.98 Å². The lowest BCUT2D eigenvalue weighted by molar-refractivity contribution is -0.119. The standard InChI is InChI=1S/C28H34N6O2/c1-3-30-15-6-16-34-25-14-13-23(33(2)26(35)17-20-7-4-5-8-20)18-24(25)31-28(34)32-27(36)22-11-9-21(19-29)10-12-22/h9-14,18,20,30H,3-8,15-17H2,1-2H3,(H,31,32,36). The highest BCUT2D eigenvalue weighted by molar-refractivity contribution is 6.04. The Morgan fingerprint density at radius 2 is 1.92 bits per heavy atom. The van der Waals surface area contributed by atoms with Gasteiger partial charge in [-0.2, -0.15) is 5.26 Å². The second-order valence-corrected chi connectivity index (χ2v) is 9.42. The number of amides is 2. The normalized spacial score (nSPS) is 13.6. The van der Waals surface area contributed by atoms with Crippen molar-refractivity contribution in [3.05, 3.63) is 53.6 Å². The van der Waals surface area contributed by atoms with Crippen molar-refractivity contribution in [2.24, 2.45) is 5.92 Å². The summed E-state index contributed by atoms with van der Waals surface area (Å²) in [6.45, 7) is 4.51. The van der Waals surface area contributed by atoms with Crippen molar-refractivity contribution < 1.29 is 9.59 Å². The molecule has 0 bridgehead atoms. The highest BCUT2D eigenvalue weighted by Gasteiger charge is 2.22. The topological polar surface area (TPSA) is 103 Å². The zero-order valence-corrected chi connectivity index (χ0v) is 21.1. The number of carbonyl (C=O) groups is 2. The van der Waals surface area contributed by atoms with E-state index in [9.17, 15) is 9.59 Å². The van der Waals surface area contributed by atoms with Crippen molar-refractivity contribution in [3.63, 3.8) is 0 Å². The second-order valence-electron chi connectivity index (χ2n) is 9.42. The van der Waals surface area contributed by atoms with Crippen LogP contribution < -0.4 is 15.5 Å². The third-order valence-corrected chi connectivity index (χ3v) is 6.92. The van der Waals surface area contributed by atoms with Gasteiger partial charge in [0.25, 0.3) is 5.91 Å². The number of hydrogen-bond acceptors (Lipinski definition) is 5. The third kappa shape index (κ3) is 5.92. The number of carbonyl (C=O) groups excluding carboxylic acids is 2. The molecule has 1 aliphatic rings. The van der Waals surface area contributed by atoms with Crippen LogP contribution in [0.4, 0.5) is 11.6 Å². The fourth-order valence-corrected chi connectivity index (χ4v) is 4.80. The number of nitrogens with one attached hydrogen (secondary N) is 2. The summed E-state index contributed by atoms with van der Waals surface area (Å²) in [4.78, 5) is 32.3. The maximum Gasteiger partial charge on any atom is 0.257 e. The van der Waals surface area contributed by atoms with Crippen LogP contribution >= 0.6 is 0 Å². The molecule has 1 fully saturated rings. The van der Waals surface area contributed by atoms with Gasteiger partial charge in [0, 0.05) is 31.3 Å². The number of nitriles is 1. The SMILES string of the molecule is CCNCCCn1c(NC(=O)c2ccc(C#N)cc2)nc2cc(N(C)C(=O)CC3CCCC3)ccc21. The first-order valence-corrected chi connectivity index (χ1v) is 12.8. The van der Waals surface area contributed by atoms with Gasteiger partial charge in [0.1, 0.15) is 0 Å². The average molecular weight is 487 g/mol. The summed E-state index contributed by atoms with van der Waals surface area (Å²) in [7, 11) is 1.82. The van der Waals surface area contributed by atoms with E-state index in [1.165, 1.54) is 12.8 Å². The van der Waals surface area contributed by atoms with Crippen LogP contribution in [-0.2, 0) is 11.3 Å². The molecule has 0 saturated heterocycles. The molecule has 3 aromatic rings. The van der Waals surface area contributed by atoms with Crippen molar-refractivity contribution in [2.45, 2.75) is 52.0 Å². The number of hydrogen-bond donors (Lipinski definition) is 2. The molecule has 1 saturated carbocycles. The van der Waals surface area contributed by atoms with Gasteiger partial charge in [0.2, 0.25) is 11.9 Å². The Labute approximate surface area is 212 Å². The van der Waals surface area contributed by atoms with Gasteiger partial charge in [0.05, 0.1) is 22.7 Å². The maximum absolute atomic E-state index is 12.9. The summed E-state index contributed by atoms with van der Waals surface area (Å²) < 4.78 is 2.01. The van der Waals surface area contributed by atoms with Gasteiger partial charge in [-0.3, -0.25) is 14.9 Å². The molecule has 4 rings (SSSR count). The van der Waals surface area contributed by atoms with Crippen molar-refractivity contribution in [3.8, 4) is 6.07 Å². The van der Waals surface area contributed by atoms with E-state index in [0.29, 0.717) is 36.0 Å². The van der Waals surface area contributed by atoms with Crippen LogP contribution in [0.3, 0.4) is 0 Å². The summed E-state index contributed by atoms with van der Waals surface area (Å²) in [6.07, 6.45) is 6.17. The Morgan fingerprint density at radius 3 is 2.61 bits per heavy atom. The summed E-state index contributed by atoms with van der Waals surface area (Å²) >= 11 is 0. The van der Waals surface area contributed by atoms with E-state index in [1.54, 1.807) is 29.2 Å². The molecule has 2 amide bonds. The molecule has 0 aliphatic heterocycles. The van der Waals surface area contributed by atoms with Crippen LogP contribution in [0.15, 0.2) is 42.5 Å².